The minimum absolute atomic E-state index is 0.116. The highest BCUT2D eigenvalue weighted by Crippen LogP contribution is 2.15. The average molecular weight is 241 g/mol. The molecule has 0 radical (unpaired) electrons. The van der Waals surface area contributed by atoms with Gasteiger partial charge in [0.1, 0.15) is 12.1 Å². The first-order chi connectivity index (χ1) is 7.69. The van der Waals surface area contributed by atoms with Crippen LogP contribution in [0.4, 0.5) is 4.39 Å². The number of nitrogens with two attached hydrogens (primary N) is 1. The van der Waals surface area contributed by atoms with Crippen molar-refractivity contribution in [2.75, 3.05) is 0 Å². The Morgan fingerprint density at radius 1 is 1.44 bits per heavy atom. The van der Waals surface area contributed by atoms with Gasteiger partial charge in [0.2, 0.25) is 0 Å². The molecule has 16 heavy (non-hydrogen) atoms. The molecule has 0 spiro atoms. The maximum Gasteiger partial charge on any atom is 0.164 e. The van der Waals surface area contributed by atoms with Gasteiger partial charge in [-0.2, -0.15) is 5.10 Å². The molecule has 84 valence electrons. The largest absolute Gasteiger partial charge is 0.324 e. The molecule has 0 atom stereocenters. The van der Waals surface area contributed by atoms with Crippen LogP contribution in [0.1, 0.15) is 11.4 Å². The summed E-state index contributed by atoms with van der Waals surface area (Å²) in [4.78, 5) is 3.98. The van der Waals surface area contributed by atoms with E-state index in [1.54, 1.807) is 17.1 Å². The lowest BCUT2D eigenvalue weighted by molar-refractivity contribution is 0.618. The summed E-state index contributed by atoms with van der Waals surface area (Å²) < 4.78 is 14.8. The Bertz CT molecular complexity index is 497. The summed E-state index contributed by atoms with van der Waals surface area (Å²) >= 11 is 5.58. The lowest BCUT2D eigenvalue weighted by Crippen LogP contribution is -2.03. The SMILES string of the molecule is NCc1ncn(Cc2ccc(Cl)c(F)c2)n1. The lowest BCUT2D eigenvalue weighted by Gasteiger charge is -2.02. The van der Waals surface area contributed by atoms with Crippen LogP contribution in [0, 0.1) is 5.82 Å². The van der Waals surface area contributed by atoms with Crippen molar-refractivity contribution in [3.8, 4) is 0 Å². The molecule has 0 saturated heterocycles. The van der Waals surface area contributed by atoms with E-state index < -0.39 is 5.82 Å². The Kier molecular flexibility index (Phi) is 3.17. The van der Waals surface area contributed by atoms with Gasteiger partial charge in [0.25, 0.3) is 0 Å². The van der Waals surface area contributed by atoms with Gasteiger partial charge in [-0.1, -0.05) is 17.7 Å². The van der Waals surface area contributed by atoms with Gasteiger partial charge in [-0.3, -0.25) is 0 Å². The van der Waals surface area contributed by atoms with Gasteiger partial charge in [0.15, 0.2) is 5.82 Å². The molecule has 2 aromatic rings. The molecule has 0 amide bonds. The van der Waals surface area contributed by atoms with Crippen molar-refractivity contribution in [3.63, 3.8) is 0 Å². The van der Waals surface area contributed by atoms with Gasteiger partial charge >= 0.3 is 0 Å². The number of benzene rings is 1. The second kappa shape index (κ2) is 4.59. The molecule has 0 aliphatic rings. The van der Waals surface area contributed by atoms with Crippen LogP contribution >= 0.6 is 11.6 Å². The van der Waals surface area contributed by atoms with E-state index in [0.717, 1.165) is 5.56 Å². The number of aromatic nitrogens is 3. The maximum absolute atomic E-state index is 13.2. The summed E-state index contributed by atoms with van der Waals surface area (Å²) in [7, 11) is 0. The fourth-order valence-electron chi connectivity index (χ4n) is 1.33. The van der Waals surface area contributed by atoms with Gasteiger partial charge < -0.3 is 5.73 Å². The minimum Gasteiger partial charge on any atom is -0.324 e. The Morgan fingerprint density at radius 2 is 2.25 bits per heavy atom. The Morgan fingerprint density at radius 3 is 2.88 bits per heavy atom. The predicted molar refractivity (Wildman–Crippen MR) is 58.4 cm³/mol. The Labute approximate surface area is 96.9 Å². The van der Waals surface area contributed by atoms with Gasteiger partial charge in [0.05, 0.1) is 18.1 Å². The normalized spacial score (nSPS) is 10.7. The van der Waals surface area contributed by atoms with Crippen molar-refractivity contribution in [1.29, 1.82) is 0 Å². The topological polar surface area (TPSA) is 56.7 Å². The van der Waals surface area contributed by atoms with Gasteiger partial charge in [-0.05, 0) is 17.7 Å². The summed E-state index contributed by atoms with van der Waals surface area (Å²) in [6, 6.07) is 4.65. The molecule has 2 rings (SSSR count). The smallest absolute Gasteiger partial charge is 0.164 e. The average Bonchev–Trinajstić information content (AvgIpc) is 2.71. The zero-order valence-corrected chi connectivity index (χ0v) is 9.15. The zero-order chi connectivity index (χ0) is 11.5. The maximum atomic E-state index is 13.2. The van der Waals surface area contributed by atoms with Crippen molar-refractivity contribution < 1.29 is 4.39 Å². The number of nitrogens with zero attached hydrogens (tertiary/aromatic N) is 3. The molecule has 0 aliphatic carbocycles. The highest BCUT2D eigenvalue weighted by atomic mass is 35.5. The van der Waals surface area contributed by atoms with Crippen LogP contribution in [0.15, 0.2) is 24.5 Å². The molecule has 1 aromatic heterocycles. The van der Waals surface area contributed by atoms with Crippen molar-refractivity contribution in [2.24, 2.45) is 5.73 Å². The van der Waals surface area contributed by atoms with Crippen molar-refractivity contribution >= 4 is 11.6 Å². The van der Waals surface area contributed by atoms with E-state index in [1.165, 1.54) is 12.1 Å². The van der Waals surface area contributed by atoms with Crippen molar-refractivity contribution in [2.45, 2.75) is 13.1 Å². The molecule has 0 saturated carbocycles. The zero-order valence-electron chi connectivity index (χ0n) is 8.40. The van der Waals surface area contributed by atoms with Crippen LogP contribution in [0.25, 0.3) is 0 Å². The third kappa shape index (κ3) is 2.37. The van der Waals surface area contributed by atoms with Crippen LogP contribution in [-0.4, -0.2) is 14.8 Å². The molecule has 0 unspecified atom stereocenters. The summed E-state index contributed by atoms with van der Waals surface area (Å²) in [5, 5.41) is 4.22. The van der Waals surface area contributed by atoms with Gasteiger partial charge in [-0.25, -0.2) is 14.1 Å². The molecular weight excluding hydrogens is 231 g/mol. The summed E-state index contributed by atoms with van der Waals surface area (Å²) in [6.07, 6.45) is 1.56. The first-order valence-corrected chi connectivity index (χ1v) is 5.09. The van der Waals surface area contributed by atoms with Crippen molar-refractivity contribution in [1.82, 2.24) is 14.8 Å². The number of hydrogen-bond donors (Lipinski definition) is 1. The third-order valence-corrected chi connectivity index (χ3v) is 2.40. The molecule has 6 heteroatoms. The van der Waals surface area contributed by atoms with Crippen LogP contribution in [0.3, 0.4) is 0 Å². The van der Waals surface area contributed by atoms with Gasteiger partial charge in [-0.15, -0.1) is 0 Å². The predicted octanol–water partition coefficient (Wildman–Crippen LogP) is 1.58. The van der Waals surface area contributed by atoms with Gasteiger partial charge in [0, 0.05) is 0 Å². The van der Waals surface area contributed by atoms with E-state index in [0.29, 0.717) is 18.9 Å². The monoisotopic (exact) mass is 240 g/mol. The number of hydrogen-bond acceptors (Lipinski definition) is 3. The fourth-order valence-corrected chi connectivity index (χ4v) is 1.45. The minimum atomic E-state index is -0.432. The number of rotatable bonds is 3. The second-order valence-electron chi connectivity index (χ2n) is 3.31. The van der Waals surface area contributed by atoms with Crippen LogP contribution in [0.5, 0.6) is 0 Å². The molecule has 1 aromatic carbocycles. The first kappa shape index (κ1) is 11.0. The van der Waals surface area contributed by atoms with Crippen molar-refractivity contribution in [3.05, 3.63) is 46.8 Å². The fraction of sp³-hybridized carbons (Fsp3) is 0.200. The summed E-state index contributed by atoms with van der Waals surface area (Å²) in [5.74, 6) is 0.132. The van der Waals surface area contributed by atoms with E-state index in [2.05, 4.69) is 10.1 Å². The molecule has 2 N–H and O–H groups in total. The van der Waals surface area contributed by atoms with E-state index in [4.69, 9.17) is 17.3 Å². The highest BCUT2D eigenvalue weighted by Gasteiger charge is 2.03. The summed E-state index contributed by atoms with van der Waals surface area (Å²) in [5.41, 5.74) is 6.16. The molecule has 0 aliphatic heterocycles. The molecular formula is C10H10ClFN4. The van der Waals surface area contributed by atoms with E-state index in [1.807, 2.05) is 0 Å². The van der Waals surface area contributed by atoms with E-state index in [-0.39, 0.29) is 5.02 Å². The highest BCUT2D eigenvalue weighted by molar-refractivity contribution is 6.30. The molecule has 0 bridgehead atoms. The quantitative estimate of drug-likeness (QED) is 0.886. The summed E-state index contributed by atoms with van der Waals surface area (Å²) in [6.45, 7) is 0.739. The van der Waals surface area contributed by atoms with E-state index in [9.17, 15) is 4.39 Å². The first-order valence-electron chi connectivity index (χ1n) is 4.71. The Hall–Kier alpha value is -1.46. The third-order valence-electron chi connectivity index (χ3n) is 2.10. The van der Waals surface area contributed by atoms with E-state index >= 15 is 0 Å². The van der Waals surface area contributed by atoms with Crippen LogP contribution in [-0.2, 0) is 13.1 Å². The second-order valence-corrected chi connectivity index (χ2v) is 3.72. The molecule has 0 fully saturated rings. The van der Waals surface area contributed by atoms with Crippen LogP contribution in [0.2, 0.25) is 5.02 Å². The molecule has 4 nitrogen and oxygen atoms in total. The number of halogens is 2. The Balaban J connectivity index is 2.17. The van der Waals surface area contributed by atoms with Crippen LogP contribution < -0.4 is 5.73 Å². The lowest BCUT2D eigenvalue weighted by atomic mass is 10.2. The molecule has 1 heterocycles. The standard InChI is InChI=1S/C10H10ClFN4/c11-8-2-1-7(3-9(8)12)5-16-6-14-10(4-13)15-16/h1-3,6H,4-5,13H2.